The first-order valence-electron chi connectivity index (χ1n) is 1.84. The molecule has 0 amide bonds. The van der Waals surface area contributed by atoms with Crippen molar-refractivity contribution in [1.82, 2.24) is 0 Å². The number of carbonyl (C=O) groups excluding carboxylic acids is 3. The van der Waals surface area contributed by atoms with Crippen molar-refractivity contribution >= 4 is 56.2 Å². The van der Waals surface area contributed by atoms with Crippen LogP contribution in [0.3, 0.4) is 0 Å². The van der Waals surface area contributed by atoms with E-state index in [-0.39, 0.29) is 45.2 Å². The minimum atomic E-state index is -2.33. The maximum absolute atomic E-state index is 8.33. The molecule has 0 aromatic heterocycles. The summed E-state index contributed by atoms with van der Waals surface area (Å²) in [5, 5.41) is 50.0. The molecule has 0 aromatic carbocycles. The van der Waals surface area contributed by atoms with Crippen LogP contribution in [0.2, 0.25) is 0 Å². The largest absolute Gasteiger partial charge is 4.00 e. The first-order valence-corrected chi connectivity index (χ1v) is 1.84. The van der Waals surface area contributed by atoms with E-state index >= 15 is 0 Å². The average Bonchev–Trinajstić information content (AvgIpc) is 1.54. The van der Waals surface area contributed by atoms with Crippen molar-refractivity contribution in [2.75, 3.05) is 0 Å². The van der Waals surface area contributed by atoms with Crippen LogP contribution < -0.4 is 30.6 Å². The van der Waals surface area contributed by atoms with Crippen LogP contribution in [0.15, 0.2) is 0 Å². The van der Waals surface area contributed by atoms with Crippen LogP contribution in [-0.2, 0) is 0 Å². The molecule has 14 heavy (non-hydrogen) atoms. The minimum Gasteiger partial charge on any atom is -0.652 e. The Balaban J connectivity index is -0.0000000270. The summed E-state index contributed by atoms with van der Waals surface area (Å²) >= 11 is 0. The minimum absolute atomic E-state index is 0. The third-order valence-electron chi connectivity index (χ3n) is 0. The second kappa shape index (κ2) is 22.7. The monoisotopic (exact) mass is 232 g/mol. The van der Waals surface area contributed by atoms with Gasteiger partial charge in [-0.2, -0.15) is 0 Å². The summed E-state index contributed by atoms with van der Waals surface area (Å²) in [5.41, 5.74) is 0. The molecule has 72 valence electrons. The van der Waals surface area contributed by atoms with E-state index < -0.39 is 18.5 Å². The molecule has 0 aromatic rings. The predicted molar refractivity (Wildman–Crippen MR) is 25.2 cm³/mol. The maximum atomic E-state index is 8.33. The Hall–Kier alpha value is -0.930. The van der Waals surface area contributed by atoms with Crippen molar-refractivity contribution in [2.24, 2.45) is 0 Å². The Morgan fingerprint density at radius 2 is 0.571 bits per heavy atom. The zero-order chi connectivity index (χ0) is 10.7. The Morgan fingerprint density at radius 1 is 0.571 bits per heavy atom. The average molecular weight is 232 g/mol. The van der Waals surface area contributed by atoms with Crippen LogP contribution in [0.5, 0.6) is 0 Å². The van der Waals surface area contributed by atoms with Crippen LogP contribution in [0, 0.1) is 7.43 Å². The number of carboxylic acid groups (broad SMARTS) is 6. The van der Waals surface area contributed by atoms with Gasteiger partial charge in [-0.15, -0.1) is 0 Å². The van der Waals surface area contributed by atoms with Crippen molar-refractivity contribution in [3.05, 3.63) is 7.43 Å². The van der Waals surface area contributed by atoms with Gasteiger partial charge in [0.2, 0.25) is 0 Å². The first kappa shape index (κ1) is 29.2. The molecular weight excluding hydrogens is 232 g/mol. The molecule has 0 N–H and O–H groups in total. The van der Waals surface area contributed by atoms with Crippen molar-refractivity contribution in [1.29, 1.82) is 0 Å². The number of carbonyl (C=O) groups is 3. The van der Waals surface area contributed by atoms with Gasteiger partial charge in [0.25, 0.3) is 0 Å². The predicted octanol–water partition coefficient (Wildman–Crippen LogP) is -7.64. The molecule has 0 heterocycles. The molecule has 0 atom stereocenters. The van der Waals surface area contributed by atoms with Gasteiger partial charge < -0.3 is 45.0 Å². The molecule has 0 radical (unpaired) electrons. The zero-order valence-corrected chi connectivity index (χ0v) is 8.59. The Labute approximate surface area is 108 Å². The normalized spacial score (nSPS) is 5.14. The van der Waals surface area contributed by atoms with E-state index in [0.29, 0.717) is 0 Å². The smallest absolute Gasteiger partial charge is 0.652 e. The van der Waals surface area contributed by atoms with Crippen LogP contribution >= 0.6 is 0 Å². The number of hydrogen-bond acceptors (Lipinski definition) is 9. The van der Waals surface area contributed by atoms with E-state index in [1.54, 1.807) is 0 Å². The van der Waals surface area contributed by atoms with Gasteiger partial charge in [0.15, 0.2) is 0 Å². The number of rotatable bonds is 0. The molecule has 10 heteroatoms. The molecule has 0 rings (SSSR count). The fourth-order valence-electron chi connectivity index (χ4n) is 0. The second-order valence-corrected chi connectivity index (χ2v) is 0.750. The molecule has 0 aliphatic carbocycles. The van der Waals surface area contributed by atoms with Crippen molar-refractivity contribution in [3.63, 3.8) is 0 Å². The fourth-order valence-corrected chi connectivity index (χ4v) is 0. The van der Waals surface area contributed by atoms with E-state index in [0.717, 1.165) is 0 Å². The van der Waals surface area contributed by atoms with Gasteiger partial charge in [0.05, 0.1) is 0 Å². The number of hydrogen-bond donors (Lipinski definition) is 0. The Kier molecular flexibility index (Phi) is 47.4. The Bertz CT molecular complexity index is 114. The zero-order valence-electron chi connectivity index (χ0n) is 6.38. The molecule has 0 saturated carbocycles. The van der Waals surface area contributed by atoms with Gasteiger partial charge >= 0.3 is 45.2 Å². The summed E-state index contributed by atoms with van der Waals surface area (Å²) in [4.78, 5) is 25.0. The standard InChI is InChI=1S/3CH2O3.C.Ca/c3*2-1(3)4;;/h3*(H2,2,3,4);;/q;;;+4;+2/p-6. The maximum Gasteiger partial charge on any atom is 4.00 e. The van der Waals surface area contributed by atoms with E-state index in [4.69, 9.17) is 45.0 Å². The summed E-state index contributed by atoms with van der Waals surface area (Å²) in [6.45, 7) is 0. The van der Waals surface area contributed by atoms with E-state index in [2.05, 4.69) is 0 Å². The molecule has 0 aliphatic rings. The van der Waals surface area contributed by atoms with Crippen LogP contribution in [-0.4, -0.2) is 56.2 Å². The van der Waals surface area contributed by atoms with E-state index in [1.807, 2.05) is 0 Å². The SMILES string of the molecule is O=C([O-])[O-].O=C([O-])[O-].O=C([O-])[O-].[C+4].[Ca+2]. The summed E-state index contributed by atoms with van der Waals surface area (Å²) in [6, 6.07) is 0. The molecule has 0 saturated heterocycles. The quantitative estimate of drug-likeness (QED) is 0.365. The van der Waals surface area contributed by atoms with Crippen LogP contribution in [0.4, 0.5) is 14.4 Å². The Morgan fingerprint density at radius 3 is 0.571 bits per heavy atom. The summed E-state index contributed by atoms with van der Waals surface area (Å²) < 4.78 is 0. The molecule has 0 spiro atoms. The van der Waals surface area contributed by atoms with Crippen molar-refractivity contribution in [3.8, 4) is 0 Å². The van der Waals surface area contributed by atoms with Gasteiger partial charge in [0.1, 0.15) is 0 Å². The molecular formula is C4CaO9. The molecule has 0 aliphatic heterocycles. The van der Waals surface area contributed by atoms with E-state index in [9.17, 15) is 0 Å². The third kappa shape index (κ3) is 1300. The summed E-state index contributed by atoms with van der Waals surface area (Å²) in [7, 11) is 0. The summed E-state index contributed by atoms with van der Waals surface area (Å²) in [5.74, 6) is 0. The van der Waals surface area contributed by atoms with Crippen molar-refractivity contribution < 1.29 is 45.0 Å². The van der Waals surface area contributed by atoms with Crippen LogP contribution in [0.1, 0.15) is 0 Å². The van der Waals surface area contributed by atoms with Gasteiger partial charge in [-0.25, -0.2) is 0 Å². The molecule has 9 nitrogen and oxygen atoms in total. The van der Waals surface area contributed by atoms with Crippen LogP contribution in [0.25, 0.3) is 0 Å². The van der Waals surface area contributed by atoms with Gasteiger partial charge in [0, 0.05) is 0 Å². The van der Waals surface area contributed by atoms with Crippen molar-refractivity contribution in [2.45, 2.75) is 0 Å². The third-order valence-corrected chi connectivity index (χ3v) is 0. The fraction of sp³-hybridized carbons (Fsp3) is 0. The van der Waals surface area contributed by atoms with Gasteiger partial charge in [-0.1, -0.05) is 0 Å². The van der Waals surface area contributed by atoms with Gasteiger partial charge in [-0.05, 0) is 18.5 Å². The van der Waals surface area contributed by atoms with E-state index in [1.165, 1.54) is 0 Å². The topological polar surface area (TPSA) is 190 Å². The summed E-state index contributed by atoms with van der Waals surface area (Å²) in [6.07, 6.45) is -7.00. The second-order valence-electron chi connectivity index (χ2n) is 0.750. The molecule has 0 fully saturated rings. The van der Waals surface area contributed by atoms with Gasteiger partial charge in [-0.3, -0.25) is 0 Å². The molecule has 0 unspecified atom stereocenters. The first-order chi connectivity index (χ1) is 5.20. The molecule has 0 bridgehead atoms.